The summed E-state index contributed by atoms with van der Waals surface area (Å²) in [6.45, 7) is 0.522. The van der Waals surface area contributed by atoms with E-state index in [0.29, 0.717) is 17.2 Å². The Balaban J connectivity index is 1.21. The number of nitrogens with zero attached hydrogens (tertiary/aromatic N) is 4. The molecule has 1 fully saturated rings. The largest absolute Gasteiger partial charge is 0.376 e. The SMILES string of the molecule is O=C(NCc1cc2nc(-c3cncc(C4CC4)n3)ccc2cn1)c1ccc2c(c1)S(=O)(=O)CCOC2. The molecule has 4 heterocycles. The van der Waals surface area contributed by atoms with E-state index in [1.54, 1.807) is 24.5 Å². The Labute approximate surface area is 207 Å². The van der Waals surface area contributed by atoms with E-state index in [2.05, 4.69) is 15.3 Å². The van der Waals surface area contributed by atoms with Gasteiger partial charge in [0.1, 0.15) is 5.69 Å². The van der Waals surface area contributed by atoms with Crippen LogP contribution >= 0.6 is 0 Å². The van der Waals surface area contributed by atoms with Crippen LogP contribution < -0.4 is 5.32 Å². The normalized spacial score (nSPS) is 16.8. The van der Waals surface area contributed by atoms with E-state index in [9.17, 15) is 13.2 Å². The molecular weight excluding hydrogens is 478 g/mol. The van der Waals surface area contributed by atoms with E-state index in [1.165, 1.54) is 6.07 Å². The monoisotopic (exact) mass is 501 g/mol. The minimum atomic E-state index is -3.49. The molecule has 4 aromatic rings. The molecule has 9 nitrogen and oxygen atoms in total. The van der Waals surface area contributed by atoms with Crippen LogP contribution in [0.4, 0.5) is 0 Å². The summed E-state index contributed by atoms with van der Waals surface area (Å²) in [7, 11) is -3.49. The molecule has 0 spiro atoms. The van der Waals surface area contributed by atoms with E-state index < -0.39 is 9.84 Å². The van der Waals surface area contributed by atoms with Crippen molar-refractivity contribution < 1.29 is 17.9 Å². The van der Waals surface area contributed by atoms with Crippen molar-refractivity contribution in [1.29, 1.82) is 0 Å². The first-order valence-corrected chi connectivity index (χ1v) is 13.4. The molecule has 2 aliphatic rings. The summed E-state index contributed by atoms with van der Waals surface area (Å²) in [5, 5.41) is 3.70. The van der Waals surface area contributed by atoms with Crippen molar-refractivity contribution >= 4 is 26.6 Å². The smallest absolute Gasteiger partial charge is 0.251 e. The lowest BCUT2D eigenvalue weighted by Crippen LogP contribution is -2.23. The van der Waals surface area contributed by atoms with Crippen LogP contribution in [-0.2, 0) is 27.7 Å². The lowest BCUT2D eigenvalue weighted by molar-refractivity contribution is 0.0950. The van der Waals surface area contributed by atoms with Crippen molar-refractivity contribution in [3.8, 4) is 11.4 Å². The predicted octanol–water partition coefficient (Wildman–Crippen LogP) is 3.20. The Bertz CT molecular complexity index is 1600. The Kier molecular flexibility index (Phi) is 5.69. The number of aromatic nitrogens is 4. The summed E-state index contributed by atoms with van der Waals surface area (Å²) in [6.07, 6.45) is 7.56. The van der Waals surface area contributed by atoms with Crippen molar-refractivity contribution in [3.05, 3.63) is 77.5 Å². The van der Waals surface area contributed by atoms with Crippen molar-refractivity contribution in [2.75, 3.05) is 12.4 Å². The Morgan fingerprint density at radius 3 is 2.78 bits per heavy atom. The molecule has 0 saturated heterocycles. The average molecular weight is 502 g/mol. The van der Waals surface area contributed by atoms with Gasteiger partial charge in [0.2, 0.25) is 0 Å². The van der Waals surface area contributed by atoms with Crippen LogP contribution in [-0.4, -0.2) is 46.6 Å². The highest BCUT2D eigenvalue weighted by Gasteiger charge is 2.26. The number of fused-ring (bicyclic) bond motifs is 2. The van der Waals surface area contributed by atoms with Crippen LogP contribution in [0.1, 0.15) is 46.1 Å². The summed E-state index contributed by atoms with van der Waals surface area (Å²) in [4.78, 5) is 31.2. The maximum absolute atomic E-state index is 12.8. The zero-order valence-electron chi connectivity index (χ0n) is 19.3. The molecule has 0 radical (unpaired) electrons. The lowest BCUT2D eigenvalue weighted by Gasteiger charge is -2.10. The van der Waals surface area contributed by atoms with Crippen molar-refractivity contribution in [1.82, 2.24) is 25.3 Å². The maximum Gasteiger partial charge on any atom is 0.251 e. The molecule has 0 bridgehead atoms. The standard InChI is InChI=1S/C26H23N5O4S/c32-26(17-3-4-19-15-35-7-8-36(33,34)25(19)9-17)29-12-20-10-22-18(11-28-20)5-6-21(30-22)24-14-27-13-23(31-24)16-1-2-16/h3-6,9-11,13-14,16H,1-2,7-8,12,15H2,(H,29,32). The first-order chi connectivity index (χ1) is 17.5. The van der Waals surface area contributed by atoms with Gasteiger partial charge in [-0.25, -0.2) is 18.4 Å². The second kappa shape index (κ2) is 9.03. The van der Waals surface area contributed by atoms with Crippen LogP contribution in [0, 0.1) is 0 Å². The summed E-state index contributed by atoms with van der Waals surface area (Å²) in [6, 6.07) is 10.3. The van der Waals surface area contributed by atoms with Crippen LogP contribution in [0.3, 0.4) is 0 Å². The molecule has 0 unspecified atom stereocenters. The van der Waals surface area contributed by atoms with Gasteiger partial charge in [-0.2, -0.15) is 0 Å². The van der Waals surface area contributed by atoms with Gasteiger partial charge in [-0.3, -0.25) is 14.8 Å². The van der Waals surface area contributed by atoms with Crippen LogP contribution in [0.25, 0.3) is 22.3 Å². The third kappa shape index (κ3) is 4.57. The first-order valence-electron chi connectivity index (χ1n) is 11.8. The molecule has 1 saturated carbocycles. The summed E-state index contributed by atoms with van der Waals surface area (Å²) >= 11 is 0. The van der Waals surface area contributed by atoms with Gasteiger partial charge in [-0.1, -0.05) is 6.07 Å². The molecule has 1 aliphatic carbocycles. The minimum absolute atomic E-state index is 0.0997. The molecule has 182 valence electrons. The molecule has 3 aromatic heterocycles. The molecule has 10 heteroatoms. The van der Waals surface area contributed by atoms with E-state index >= 15 is 0 Å². The molecule has 0 atom stereocenters. The average Bonchev–Trinajstić information content (AvgIpc) is 3.76. The number of amides is 1. The third-order valence-corrected chi connectivity index (χ3v) is 8.14. The Morgan fingerprint density at radius 2 is 1.92 bits per heavy atom. The third-order valence-electron chi connectivity index (χ3n) is 6.39. The predicted molar refractivity (Wildman–Crippen MR) is 132 cm³/mol. The molecule has 1 N–H and O–H groups in total. The Hall–Kier alpha value is -3.76. The van der Waals surface area contributed by atoms with E-state index in [1.807, 2.05) is 24.4 Å². The number of sulfone groups is 1. The first kappa shape index (κ1) is 22.7. The number of benzene rings is 1. The number of carbonyl (C=O) groups is 1. The number of carbonyl (C=O) groups excluding carboxylic acids is 1. The number of hydrogen-bond donors (Lipinski definition) is 1. The van der Waals surface area contributed by atoms with Gasteiger partial charge in [0.05, 0.1) is 59.2 Å². The lowest BCUT2D eigenvalue weighted by atomic mass is 10.1. The summed E-state index contributed by atoms with van der Waals surface area (Å²) < 4.78 is 30.4. The van der Waals surface area contributed by atoms with Gasteiger partial charge in [-0.15, -0.1) is 0 Å². The molecule has 36 heavy (non-hydrogen) atoms. The minimum Gasteiger partial charge on any atom is -0.376 e. The fourth-order valence-corrected chi connectivity index (χ4v) is 5.61. The van der Waals surface area contributed by atoms with Gasteiger partial charge in [-0.05, 0) is 48.7 Å². The van der Waals surface area contributed by atoms with Crippen molar-refractivity contribution in [2.45, 2.75) is 36.8 Å². The highest BCUT2D eigenvalue weighted by Crippen LogP contribution is 2.39. The fourth-order valence-electron chi connectivity index (χ4n) is 4.22. The molecule has 1 amide bonds. The maximum atomic E-state index is 12.8. The van der Waals surface area contributed by atoms with Crippen LogP contribution in [0.5, 0.6) is 0 Å². The number of pyridine rings is 2. The highest BCUT2D eigenvalue weighted by atomic mass is 32.2. The van der Waals surface area contributed by atoms with Gasteiger partial charge in [0.15, 0.2) is 9.84 Å². The van der Waals surface area contributed by atoms with Crippen LogP contribution in [0.2, 0.25) is 0 Å². The molecule has 1 aliphatic heterocycles. The second-order valence-corrected chi connectivity index (χ2v) is 11.1. The van der Waals surface area contributed by atoms with Crippen molar-refractivity contribution in [2.24, 2.45) is 0 Å². The Morgan fingerprint density at radius 1 is 1.03 bits per heavy atom. The number of ether oxygens (including phenoxy) is 1. The van der Waals surface area contributed by atoms with E-state index in [0.717, 1.165) is 40.8 Å². The van der Waals surface area contributed by atoms with Crippen LogP contribution in [0.15, 0.2) is 59.9 Å². The summed E-state index contributed by atoms with van der Waals surface area (Å²) in [5.74, 6) is 0.0246. The van der Waals surface area contributed by atoms with Gasteiger partial charge in [0.25, 0.3) is 5.91 Å². The van der Waals surface area contributed by atoms with Crippen molar-refractivity contribution in [3.63, 3.8) is 0 Å². The van der Waals surface area contributed by atoms with Gasteiger partial charge in [0, 0.05) is 29.3 Å². The number of hydrogen-bond acceptors (Lipinski definition) is 8. The zero-order valence-corrected chi connectivity index (χ0v) is 20.2. The van der Waals surface area contributed by atoms with E-state index in [4.69, 9.17) is 14.7 Å². The molecule has 6 rings (SSSR count). The second-order valence-electron chi connectivity index (χ2n) is 9.04. The molecular formula is C26H23N5O4S. The van der Waals surface area contributed by atoms with Gasteiger partial charge >= 0.3 is 0 Å². The highest BCUT2D eigenvalue weighted by molar-refractivity contribution is 7.91. The van der Waals surface area contributed by atoms with Gasteiger partial charge < -0.3 is 10.1 Å². The van der Waals surface area contributed by atoms with E-state index in [-0.39, 0.29) is 41.9 Å². The topological polar surface area (TPSA) is 124 Å². The quantitative estimate of drug-likeness (QED) is 0.442. The number of rotatable bonds is 5. The number of nitrogens with one attached hydrogen (secondary N) is 1. The summed E-state index contributed by atoms with van der Waals surface area (Å²) in [5.41, 5.74) is 4.68. The zero-order chi connectivity index (χ0) is 24.7. The molecule has 1 aromatic carbocycles. The fraction of sp³-hybridized carbons (Fsp3) is 0.269.